The summed E-state index contributed by atoms with van der Waals surface area (Å²) in [6.45, 7) is 10.1. The number of hydrogen-bond acceptors (Lipinski definition) is 4. The Bertz CT molecular complexity index is 1030. The van der Waals surface area contributed by atoms with E-state index in [1.165, 1.54) is 5.56 Å². The summed E-state index contributed by atoms with van der Waals surface area (Å²) in [5.41, 5.74) is 5.56. The van der Waals surface area contributed by atoms with E-state index >= 15 is 0 Å². The Labute approximate surface area is 179 Å². The van der Waals surface area contributed by atoms with Crippen LogP contribution in [-0.2, 0) is 6.54 Å². The first-order chi connectivity index (χ1) is 14.4. The Hall–Kier alpha value is -3.21. The molecule has 0 fully saturated rings. The number of aromatic nitrogens is 2. The molecule has 0 N–H and O–H groups in total. The quantitative estimate of drug-likeness (QED) is 0.565. The minimum atomic E-state index is -0.0528. The number of anilines is 1. The summed E-state index contributed by atoms with van der Waals surface area (Å²) in [7, 11) is 1.95. The smallest absolute Gasteiger partial charge is 0.257 e. The molecule has 0 saturated carbocycles. The van der Waals surface area contributed by atoms with Crippen molar-refractivity contribution >= 4 is 11.9 Å². The highest BCUT2D eigenvalue weighted by Gasteiger charge is 2.22. The minimum absolute atomic E-state index is 0.0528. The Balaban J connectivity index is 2.04. The van der Waals surface area contributed by atoms with E-state index in [1.54, 1.807) is 6.20 Å². The zero-order valence-corrected chi connectivity index (χ0v) is 18.5. The Morgan fingerprint density at radius 1 is 1.00 bits per heavy atom. The molecule has 0 unspecified atom stereocenters. The largest absolute Gasteiger partial charge is 0.344 e. The third-order valence-electron chi connectivity index (χ3n) is 5.35. The van der Waals surface area contributed by atoms with Gasteiger partial charge in [0, 0.05) is 38.4 Å². The average Bonchev–Trinajstić information content (AvgIpc) is 2.76. The molecule has 0 aliphatic heterocycles. The zero-order valence-electron chi connectivity index (χ0n) is 18.5. The van der Waals surface area contributed by atoms with Crippen LogP contribution in [0.3, 0.4) is 0 Å². The van der Waals surface area contributed by atoms with E-state index in [-0.39, 0.29) is 5.91 Å². The molecule has 30 heavy (non-hydrogen) atoms. The van der Waals surface area contributed by atoms with Gasteiger partial charge in [-0.05, 0) is 38.8 Å². The van der Waals surface area contributed by atoms with Crippen molar-refractivity contribution in [2.75, 3.05) is 25.0 Å². The zero-order chi connectivity index (χ0) is 21.7. The van der Waals surface area contributed by atoms with E-state index in [0.29, 0.717) is 30.3 Å². The molecule has 0 radical (unpaired) electrons. The number of amides is 1. The summed E-state index contributed by atoms with van der Waals surface area (Å²) >= 11 is 0. The minimum Gasteiger partial charge on any atom is -0.344 e. The van der Waals surface area contributed by atoms with Gasteiger partial charge in [0.2, 0.25) is 5.95 Å². The summed E-state index contributed by atoms with van der Waals surface area (Å²) in [6, 6.07) is 16.3. The van der Waals surface area contributed by atoms with E-state index in [0.717, 1.165) is 23.2 Å². The number of aryl methyl sites for hydroxylation is 2. The molecule has 3 rings (SSSR count). The Morgan fingerprint density at radius 2 is 1.77 bits per heavy atom. The van der Waals surface area contributed by atoms with Crippen molar-refractivity contribution in [1.29, 1.82) is 0 Å². The van der Waals surface area contributed by atoms with Crippen molar-refractivity contribution in [2.24, 2.45) is 0 Å². The van der Waals surface area contributed by atoms with Crippen LogP contribution in [0.4, 0.5) is 5.95 Å². The van der Waals surface area contributed by atoms with Gasteiger partial charge in [0.15, 0.2) is 0 Å². The third-order valence-corrected chi connectivity index (χ3v) is 5.35. The van der Waals surface area contributed by atoms with E-state index in [2.05, 4.69) is 37.0 Å². The van der Waals surface area contributed by atoms with Crippen LogP contribution in [0, 0.1) is 13.8 Å². The number of carbonyl (C=O) groups is 1. The van der Waals surface area contributed by atoms with Crippen LogP contribution in [0.2, 0.25) is 0 Å². The molecule has 1 heterocycles. The fraction of sp³-hybridized carbons (Fsp3) is 0.320. The number of rotatable bonds is 7. The van der Waals surface area contributed by atoms with Gasteiger partial charge < -0.3 is 9.80 Å². The van der Waals surface area contributed by atoms with Gasteiger partial charge in [0.25, 0.3) is 5.91 Å². The standard InChI is InChI=1S/C25H30N4O/c1-6-28(5)25-26-16-22(23(27-25)21-14-9-8-12-19(21)4)24(30)29(7-2)17-20-13-10-11-18(3)15-20/h8-16H,6-7,17H2,1-5H3. The van der Waals surface area contributed by atoms with Gasteiger partial charge in [0.1, 0.15) is 0 Å². The van der Waals surface area contributed by atoms with Gasteiger partial charge in [0.05, 0.1) is 11.3 Å². The SMILES string of the molecule is CCN(Cc1cccc(C)c1)C(=O)c1cnc(N(C)CC)nc1-c1ccccc1C. The number of nitrogens with zero attached hydrogens (tertiary/aromatic N) is 4. The molecule has 0 aliphatic carbocycles. The molecule has 1 amide bonds. The van der Waals surface area contributed by atoms with Crippen molar-refractivity contribution in [3.05, 3.63) is 77.0 Å². The fourth-order valence-corrected chi connectivity index (χ4v) is 3.43. The molecule has 5 heteroatoms. The van der Waals surface area contributed by atoms with E-state index in [9.17, 15) is 4.79 Å². The molecule has 5 nitrogen and oxygen atoms in total. The third kappa shape index (κ3) is 4.67. The maximum absolute atomic E-state index is 13.6. The maximum atomic E-state index is 13.6. The molecule has 1 aromatic heterocycles. The van der Waals surface area contributed by atoms with Crippen LogP contribution in [0.1, 0.15) is 40.9 Å². The van der Waals surface area contributed by atoms with Crippen molar-refractivity contribution in [2.45, 2.75) is 34.2 Å². The van der Waals surface area contributed by atoms with E-state index < -0.39 is 0 Å². The molecule has 0 atom stereocenters. The molecule has 0 aliphatic rings. The Morgan fingerprint density at radius 3 is 2.43 bits per heavy atom. The lowest BCUT2D eigenvalue weighted by Crippen LogP contribution is -2.31. The second-order valence-electron chi connectivity index (χ2n) is 7.57. The second kappa shape index (κ2) is 9.53. The second-order valence-corrected chi connectivity index (χ2v) is 7.57. The monoisotopic (exact) mass is 402 g/mol. The van der Waals surface area contributed by atoms with Crippen LogP contribution in [0.25, 0.3) is 11.3 Å². The van der Waals surface area contributed by atoms with E-state index in [1.807, 2.05) is 61.0 Å². The highest BCUT2D eigenvalue weighted by Crippen LogP contribution is 2.27. The highest BCUT2D eigenvalue weighted by atomic mass is 16.2. The van der Waals surface area contributed by atoms with Crippen molar-refractivity contribution < 1.29 is 4.79 Å². The van der Waals surface area contributed by atoms with Gasteiger partial charge >= 0.3 is 0 Å². The fourth-order valence-electron chi connectivity index (χ4n) is 3.43. The molecule has 2 aromatic carbocycles. The number of hydrogen-bond donors (Lipinski definition) is 0. The van der Waals surface area contributed by atoms with Gasteiger partial charge in [-0.25, -0.2) is 9.97 Å². The molecule has 0 saturated heterocycles. The van der Waals surface area contributed by atoms with Gasteiger partial charge in [-0.1, -0.05) is 54.1 Å². The summed E-state index contributed by atoms with van der Waals surface area (Å²) < 4.78 is 0. The number of carbonyl (C=O) groups excluding carboxylic acids is 1. The molecular formula is C25H30N4O. The summed E-state index contributed by atoms with van der Waals surface area (Å²) in [5.74, 6) is 0.567. The predicted octanol–water partition coefficient (Wildman–Crippen LogP) is 4.88. The molecule has 3 aromatic rings. The molecule has 0 spiro atoms. The van der Waals surface area contributed by atoms with Crippen LogP contribution in [0.5, 0.6) is 0 Å². The maximum Gasteiger partial charge on any atom is 0.257 e. The topological polar surface area (TPSA) is 49.3 Å². The first-order valence-electron chi connectivity index (χ1n) is 10.4. The van der Waals surface area contributed by atoms with Crippen LogP contribution in [0.15, 0.2) is 54.7 Å². The molecule has 156 valence electrons. The van der Waals surface area contributed by atoms with E-state index in [4.69, 9.17) is 4.98 Å². The van der Waals surface area contributed by atoms with Crippen LogP contribution < -0.4 is 4.90 Å². The normalized spacial score (nSPS) is 10.7. The summed E-state index contributed by atoms with van der Waals surface area (Å²) in [5, 5.41) is 0. The lowest BCUT2D eigenvalue weighted by molar-refractivity contribution is 0.0752. The molecular weight excluding hydrogens is 372 g/mol. The van der Waals surface area contributed by atoms with Crippen molar-refractivity contribution in [3.63, 3.8) is 0 Å². The summed E-state index contributed by atoms with van der Waals surface area (Å²) in [6.07, 6.45) is 1.68. The van der Waals surface area contributed by atoms with Crippen LogP contribution >= 0.6 is 0 Å². The lowest BCUT2D eigenvalue weighted by atomic mass is 10.0. The first kappa shape index (κ1) is 21.5. The number of benzene rings is 2. The first-order valence-corrected chi connectivity index (χ1v) is 10.4. The van der Waals surface area contributed by atoms with Crippen molar-refractivity contribution in [3.8, 4) is 11.3 Å². The summed E-state index contributed by atoms with van der Waals surface area (Å²) in [4.78, 5) is 26.7. The van der Waals surface area contributed by atoms with Gasteiger partial charge in [-0.2, -0.15) is 0 Å². The average molecular weight is 403 g/mol. The molecule has 0 bridgehead atoms. The highest BCUT2D eigenvalue weighted by molar-refractivity contribution is 6.00. The van der Waals surface area contributed by atoms with Crippen molar-refractivity contribution in [1.82, 2.24) is 14.9 Å². The van der Waals surface area contributed by atoms with Gasteiger partial charge in [-0.15, -0.1) is 0 Å². The van der Waals surface area contributed by atoms with Crippen LogP contribution in [-0.4, -0.2) is 40.9 Å². The predicted molar refractivity (Wildman–Crippen MR) is 123 cm³/mol. The Kier molecular flexibility index (Phi) is 6.83. The van der Waals surface area contributed by atoms with Gasteiger partial charge in [-0.3, -0.25) is 4.79 Å². The lowest BCUT2D eigenvalue weighted by Gasteiger charge is -2.23.